The molecule has 0 aliphatic rings. The number of aryl methyl sites for hydroxylation is 1. The number of imidazole rings is 1. The van der Waals surface area contributed by atoms with Gasteiger partial charge in [0.1, 0.15) is 18.9 Å². The zero-order chi connectivity index (χ0) is 19.4. The van der Waals surface area contributed by atoms with Gasteiger partial charge in [0.25, 0.3) is 5.82 Å². The summed E-state index contributed by atoms with van der Waals surface area (Å²) in [6, 6.07) is 21.5. The van der Waals surface area contributed by atoms with Crippen LogP contribution in [0.25, 0.3) is 11.4 Å². The van der Waals surface area contributed by atoms with Gasteiger partial charge in [0.05, 0.1) is 12.1 Å². The van der Waals surface area contributed by atoms with Gasteiger partial charge in [0.2, 0.25) is 0 Å². The van der Waals surface area contributed by atoms with Crippen LogP contribution < -0.4 is 4.57 Å². The molecule has 0 saturated heterocycles. The summed E-state index contributed by atoms with van der Waals surface area (Å²) >= 11 is 0. The van der Waals surface area contributed by atoms with Gasteiger partial charge in [-0.1, -0.05) is 94.0 Å². The van der Waals surface area contributed by atoms with Crippen molar-refractivity contribution in [3.05, 3.63) is 78.6 Å². The summed E-state index contributed by atoms with van der Waals surface area (Å²) in [7, 11) is 0. The minimum absolute atomic E-state index is 0.912. The fraction of sp³-hybridized carbons (Fsp3) is 0.423. The third-order valence-electron chi connectivity index (χ3n) is 5.45. The van der Waals surface area contributed by atoms with E-state index in [2.05, 4.69) is 89.1 Å². The van der Waals surface area contributed by atoms with E-state index in [1.807, 2.05) is 0 Å². The molecule has 0 N–H and O–H groups in total. The number of nitrogens with zero attached hydrogens (tertiary/aromatic N) is 2. The van der Waals surface area contributed by atoms with Gasteiger partial charge in [-0.25, -0.2) is 9.13 Å². The van der Waals surface area contributed by atoms with Gasteiger partial charge in [0.15, 0.2) is 0 Å². The predicted octanol–water partition coefficient (Wildman–Crippen LogP) is 6.63. The SMILES string of the molecule is CCCCCCCCCCn1cc[n+](Cc2ccccc2)c1-c1ccccc1. The van der Waals surface area contributed by atoms with Gasteiger partial charge < -0.3 is 0 Å². The second-order valence-corrected chi connectivity index (χ2v) is 7.77. The van der Waals surface area contributed by atoms with Crippen LogP contribution in [0.15, 0.2) is 73.1 Å². The molecular weight excluding hydrogens is 340 g/mol. The van der Waals surface area contributed by atoms with Crippen LogP contribution >= 0.6 is 0 Å². The Morgan fingerprint density at radius 2 is 1.32 bits per heavy atom. The molecule has 0 unspecified atom stereocenters. The van der Waals surface area contributed by atoms with E-state index in [1.54, 1.807) is 0 Å². The minimum atomic E-state index is 0.912. The normalized spacial score (nSPS) is 11.0. The lowest BCUT2D eigenvalue weighted by Gasteiger charge is -2.06. The van der Waals surface area contributed by atoms with E-state index in [4.69, 9.17) is 0 Å². The molecule has 3 aromatic rings. The fourth-order valence-electron chi connectivity index (χ4n) is 3.89. The third kappa shape index (κ3) is 6.09. The average Bonchev–Trinajstić information content (AvgIpc) is 3.13. The maximum absolute atomic E-state index is 2.44. The molecule has 0 fully saturated rings. The van der Waals surface area contributed by atoms with E-state index in [-0.39, 0.29) is 0 Å². The number of benzene rings is 2. The predicted molar refractivity (Wildman–Crippen MR) is 118 cm³/mol. The molecule has 2 heteroatoms. The first-order chi connectivity index (χ1) is 13.9. The van der Waals surface area contributed by atoms with Crippen molar-refractivity contribution in [2.75, 3.05) is 0 Å². The van der Waals surface area contributed by atoms with E-state index < -0.39 is 0 Å². The van der Waals surface area contributed by atoms with Crippen molar-refractivity contribution in [1.82, 2.24) is 4.57 Å². The van der Waals surface area contributed by atoms with Crippen molar-refractivity contribution < 1.29 is 4.57 Å². The molecule has 0 bridgehead atoms. The number of hydrogen-bond donors (Lipinski definition) is 0. The van der Waals surface area contributed by atoms with Gasteiger partial charge in [-0.3, -0.25) is 0 Å². The van der Waals surface area contributed by atoms with Crippen LogP contribution in [0, 0.1) is 0 Å². The molecule has 1 aromatic heterocycles. The quantitative estimate of drug-likeness (QED) is 0.248. The maximum Gasteiger partial charge on any atom is 0.289 e. The Morgan fingerprint density at radius 3 is 2.00 bits per heavy atom. The molecule has 148 valence electrons. The molecule has 0 aliphatic carbocycles. The van der Waals surface area contributed by atoms with Crippen LogP contribution in [0.4, 0.5) is 0 Å². The number of hydrogen-bond acceptors (Lipinski definition) is 0. The molecule has 0 saturated carbocycles. The molecule has 28 heavy (non-hydrogen) atoms. The first kappa shape index (κ1) is 20.4. The second kappa shape index (κ2) is 11.5. The van der Waals surface area contributed by atoms with Gasteiger partial charge in [-0.2, -0.15) is 0 Å². The number of rotatable bonds is 12. The molecule has 0 aliphatic heterocycles. The summed E-state index contributed by atoms with van der Waals surface area (Å²) in [5.41, 5.74) is 2.64. The van der Waals surface area contributed by atoms with Gasteiger partial charge in [0, 0.05) is 0 Å². The van der Waals surface area contributed by atoms with Crippen molar-refractivity contribution in [3.63, 3.8) is 0 Å². The number of unbranched alkanes of at least 4 members (excludes halogenated alkanes) is 7. The Kier molecular flexibility index (Phi) is 8.36. The molecule has 3 rings (SSSR count). The summed E-state index contributed by atoms with van der Waals surface area (Å²) in [5, 5.41) is 0. The summed E-state index contributed by atoms with van der Waals surface area (Å²) < 4.78 is 4.82. The highest BCUT2D eigenvalue weighted by atomic mass is 15.1. The zero-order valence-electron chi connectivity index (χ0n) is 17.4. The highest BCUT2D eigenvalue weighted by Gasteiger charge is 2.19. The molecule has 1 heterocycles. The highest BCUT2D eigenvalue weighted by Crippen LogP contribution is 2.18. The van der Waals surface area contributed by atoms with Crippen molar-refractivity contribution in [3.8, 4) is 11.4 Å². The Hall–Kier alpha value is -2.35. The molecule has 2 aromatic carbocycles. The summed E-state index contributed by atoms with van der Waals surface area (Å²) in [6.07, 6.45) is 15.4. The molecule has 0 spiro atoms. The Labute approximate surface area is 170 Å². The second-order valence-electron chi connectivity index (χ2n) is 7.77. The van der Waals surface area contributed by atoms with E-state index in [0.717, 1.165) is 13.1 Å². The van der Waals surface area contributed by atoms with Crippen LogP contribution in [0.1, 0.15) is 63.9 Å². The first-order valence-corrected chi connectivity index (χ1v) is 11.1. The van der Waals surface area contributed by atoms with Crippen molar-refractivity contribution in [1.29, 1.82) is 0 Å². The van der Waals surface area contributed by atoms with Crippen LogP contribution in [-0.2, 0) is 13.1 Å². The standard InChI is InChI=1S/C26H35N2/c1-2-3-4-5-6-7-8-15-20-27-21-22-28(23-24-16-11-9-12-17-24)26(27)25-18-13-10-14-19-25/h9-14,16-19,21-22H,2-8,15,20,23H2,1H3/q+1. The van der Waals surface area contributed by atoms with Crippen LogP contribution in [-0.4, -0.2) is 4.57 Å². The first-order valence-electron chi connectivity index (χ1n) is 11.1. The lowest BCUT2D eigenvalue weighted by atomic mass is 10.1. The van der Waals surface area contributed by atoms with E-state index >= 15 is 0 Å². The Bertz CT molecular complexity index is 790. The molecule has 0 atom stereocenters. The van der Waals surface area contributed by atoms with Gasteiger partial charge >= 0.3 is 0 Å². The molecule has 0 radical (unpaired) electrons. The summed E-state index contributed by atoms with van der Waals surface area (Å²) in [6.45, 7) is 4.29. The summed E-state index contributed by atoms with van der Waals surface area (Å²) in [5.74, 6) is 1.31. The van der Waals surface area contributed by atoms with Crippen molar-refractivity contribution in [2.24, 2.45) is 0 Å². The van der Waals surface area contributed by atoms with E-state index in [0.29, 0.717) is 0 Å². The monoisotopic (exact) mass is 375 g/mol. The van der Waals surface area contributed by atoms with Crippen molar-refractivity contribution >= 4 is 0 Å². The van der Waals surface area contributed by atoms with Crippen LogP contribution in [0.5, 0.6) is 0 Å². The largest absolute Gasteiger partial charge is 0.289 e. The fourth-order valence-corrected chi connectivity index (χ4v) is 3.89. The topological polar surface area (TPSA) is 8.81 Å². The van der Waals surface area contributed by atoms with Gasteiger partial charge in [-0.15, -0.1) is 0 Å². The smallest absolute Gasteiger partial charge is 0.230 e. The zero-order valence-corrected chi connectivity index (χ0v) is 17.4. The van der Waals surface area contributed by atoms with Gasteiger partial charge in [-0.05, 0) is 30.5 Å². The maximum atomic E-state index is 2.44. The van der Waals surface area contributed by atoms with Crippen molar-refractivity contribution in [2.45, 2.75) is 71.4 Å². The van der Waals surface area contributed by atoms with E-state index in [1.165, 1.54) is 68.3 Å². The minimum Gasteiger partial charge on any atom is -0.230 e. The average molecular weight is 376 g/mol. The third-order valence-corrected chi connectivity index (χ3v) is 5.45. The molecular formula is C26H35N2+. The van der Waals surface area contributed by atoms with Crippen LogP contribution in [0.3, 0.4) is 0 Å². The van der Waals surface area contributed by atoms with Crippen LogP contribution in [0.2, 0.25) is 0 Å². The Balaban J connectivity index is 1.62. The lowest BCUT2D eigenvalue weighted by Crippen LogP contribution is -2.35. The van der Waals surface area contributed by atoms with E-state index in [9.17, 15) is 0 Å². The highest BCUT2D eigenvalue weighted by molar-refractivity contribution is 5.52. The lowest BCUT2D eigenvalue weighted by molar-refractivity contribution is -0.676. The molecule has 2 nitrogen and oxygen atoms in total. The molecule has 0 amide bonds. The number of aromatic nitrogens is 2. The summed E-state index contributed by atoms with van der Waals surface area (Å²) in [4.78, 5) is 0. The Morgan fingerprint density at radius 1 is 0.714 bits per heavy atom.